The number of carbonyl (C=O) groups is 2. The fourth-order valence-corrected chi connectivity index (χ4v) is 2.63. The Balaban J connectivity index is 2.26. The maximum Gasteiger partial charge on any atom is 0.255 e. The van der Waals surface area contributed by atoms with Crippen LogP contribution in [-0.2, 0) is 4.79 Å². The van der Waals surface area contributed by atoms with Crippen LogP contribution < -0.4 is 25.3 Å². The molecule has 0 aliphatic rings. The number of benzene rings is 2. The van der Waals surface area contributed by atoms with E-state index in [0.29, 0.717) is 10.6 Å². The van der Waals surface area contributed by atoms with E-state index in [0.717, 1.165) is 5.56 Å². The van der Waals surface area contributed by atoms with Gasteiger partial charge in [-0.15, -0.1) is 0 Å². The highest BCUT2D eigenvalue weighted by molar-refractivity contribution is 6.30. The third-order valence-electron chi connectivity index (χ3n) is 3.78. The van der Waals surface area contributed by atoms with Gasteiger partial charge in [0.25, 0.3) is 11.8 Å². The number of nitrogens with two attached hydrogens (primary N) is 1. The van der Waals surface area contributed by atoms with Crippen LogP contribution in [0.5, 0.6) is 17.2 Å². The first kappa shape index (κ1) is 20.4. The largest absolute Gasteiger partial charge is 0.493 e. The quantitative estimate of drug-likeness (QED) is 0.719. The van der Waals surface area contributed by atoms with Gasteiger partial charge in [-0.05, 0) is 36.8 Å². The summed E-state index contributed by atoms with van der Waals surface area (Å²) in [6.07, 6.45) is 0. The van der Waals surface area contributed by atoms with Crippen molar-refractivity contribution in [2.45, 2.75) is 13.0 Å². The molecule has 3 N–H and O–H groups in total. The van der Waals surface area contributed by atoms with Gasteiger partial charge in [-0.1, -0.05) is 23.7 Å². The van der Waals surface area contributed by atoms with Crippen molar-refractivity contribution in [3.63, 3.8) is 0 Å². The number of halogens is 1. The molecule has 2 aromatic carbocycles. The van der Waals surface area contributed by atoms with E-state index in [1.807, 2.05) is 19.1 Å². The van der Waals surface area contributed by atoms with Crippen molar-refractivity contribution < 1.29 is 23.8 Å². The highest BCUT2D eigenvalue weighted by Crippen LogP contribution is 2.38. The molecule has 0 heterocycles. The van der Waals surface area contributed by atoms with E-state index in [4.69, 9.17) is 31.5 Å². The summed E-state index contributed by atoms with van der Waals surface area (Å²) in [7, 11) is 2.84. The van der Waals surface area contributed by atoms with Crippen LogP contribution in [0.3, 0.4) is 0 Å². The second-order valence-electron chi connectivity index (χ2n) is 5.72. The highest BCUT2D eigenvalue weighted by atomic mass is 35.5. The topological polar surface area (TPSA) is 99.9 Å². The molecule has 0 aromatic heterocycles. The Bertz CT molecular complexity index is 816. The van der Waals surface area contributed by atoms with Crippen LogP contribution in [0.4, 0.5) is 0 Å². The zero-order valence-corrected chi connectivity index (χ0v) is 16.0. The predicted octanol–water partition coefficient (Wildman–Crippen LogP) is 2.71. The van der Waals surface area contributed by atoms with Crippen LogP contribution in [0.25, 0.3) is 0 Å². The Labute approximate surface area is 162 Å². The standard InChI is InChI=1S/C19H21ClN2O5/c1-11(12-5-4-6-14(20)7-12)22-19(24)13-8-15(25-2)18(16(9-13)26-3)27-10-17(21)23/h4-9,11H,10H2,1-3H3,(H2,21,23)(H,22,24). The lowest BCUT2D eigenvalue weighted by Crippen LogP contribution is -2.26. The van der Waals surface area contributed by atoms with E-state index in [-0.39, 0.29) is 35.8 Å². The molecule has 8 heteroatoms. The number of amides is 2. The molecular formula is C19H21ClN2O5. The molecule has 0 saturated heterocycles. The third kappa shape index (κ3) is 5.27. The number of carbonyl (C=O) groups excluding carboxylic acids is 2. The summed E-state index contributed by atoms with van der Waals surface area (Å²) in [5.41, 5.74) is 6.28. The third-order valence-corrected chi connectivity index (χ3v) is 4.01. The fourth-order valence-electron chi connectivity index (χ4n) is 2.44. The molecule has 0 aliphatic carbocycles. The molecule has 1 atom stereocenters. The van der Waals surface area contributed by atoms with Gasteiger partial charge < -0.3 is 25.3 Å². The van der Waals surface area contributed by atoms with E-state index in [1.165, 1.54) is 26.4 Å². The van der Waals surface area contributed by atoms with Gasteiger partial charge in [-0.25, -0.2) is 0 Å². The number of primary amides is 1. The fraction of sp³-hybridized carbons (Fsp3) is 0.263. The van der Waals surface area contributed by atoms with E-state index in [1.54, 1.807) is 12.1 Å². The molecule has 0 radical (unpaired) electrons. The molecule has 0 aliphatic heterocycles. The smallest absolute Gasteiger partial charge is 0.255 e. The lowest BCUT2D eigenvalue weighted by Gasteiger charge is -2.17. The first-order valence-electron chi connectivity index (χ1n) is 8.09. The van der Waals surface area contributed by atoms with Crippen LogP contribution in [-0.4, -0.2) is 32.6 Å². The molecule has 7 nitrogen and oxygen atoms in total. The van der Waals surface area contributed by atoms with Crippen LogP contribution in [0.1, 0.15) is 28.9 Å². The summed E-state index contributed by atoms with van der Waals surface area (Å²) < 4.78 is 15.9. The summed E-state index contributed by atoms with van der Waals surface area (Å²) >= 11 is 6.00. The van der Waals surface area contributed by atoms with E-state index in [2.05, 4.69) is 5.32 Å². The molecule has 0 fully saturated rings. The first-order valence-corrected chi connectivity index (χ1v) is 8.47. The van der Waals surface area contributed by atoms with E-state index >= 15 is 0 Å². The first-order chi connectivity index (χ1) is 12.8. The van der Waals surface area contributed by atoms with Crippen LogP contribution >= 0.6 is 11.6 Å². The van der Waals surface area contributed by atoms with Crippen molar-refractivity contribution in [1.29, 1.82) is 0 Å². The number of hydrogen-bond acceptors (Lipinski definition) is 5. The maximum absolute atomic E-state index is 12.7. The predicted molar refractivity (Wildman–Crippen MR) is 102 cm³/mol. The summed E-state index contributed by atoms with van der Waals surface area (Å²) in [5.74, 6) is -0.289. The van der Waals surface area contributed by atoms with Crippen LogP contribution in [0, 0.1) is 0 Å². The van der Waals surface area contributed by atoms with E-state index in [9.17, 15) is 9.59 Å². The molecule has 2 amide bonds. The summed E-state index contributed by atoms with van der Waals surface area (Å²) in [6.45, 7) is 1.51. The summed E-state index contributed by atoms with van der Waals surface area (Å²) in [6, 6.07) is 9.97. The van der Waals surface area contributed by atoms with Gasteiger partial charge in [0, 0.05) is 10.6 Å². The van der Waals surface area contributed by atoms with Crippen molar-refractivity contribution >= 4 is 23.4 Å². The Hall–Kier alpha value is -2.93. The normalized spacial score (nSPS) is 11.4. The number of ether oxygens (including phenoxy) is 3. The molecule has 144 valence electrons. The number of methoxy groups -OCH3 is 2. The van der Waals surface area contributed by atoms with Gasteiger partial charge >= 0.3 is 0 Å². The molecule has 0 bridgehead atoms. The Morgan fingerprint density at radius 2 is 1.78 bits per heavy atom. The van der Waals surface area contributed by atoms with Gasteiger partial charge in [-0.2, -0.15) is 0 Å². The van der Waals surface area contributed by atoms with Gasteiger partial charge in [0.05, 0.1) is 20.3 Å². The monoisotopic (exact) mass is 392 g/mol. The lowest BCUT2D eigenvalue weighted by atomic mass is 10.1. The SMILES string of the molecule is COc1cc(C(=O)NC(C)c2cccc(Cl)c2)cc(OC)c1OCC(N)=O. The average molecular weight is 393 g/mol. The van der Waals surface area contributed by atoms with Crippen molar-refractivity contribution in [3.05, 3.63) is 52.5 Å². The number of nitrogens with one attached hydrogen (secondary N) is 1. The number of rotatable bonds is 8. The minimum atomic E-state index is -0.642. The minimum Gasteiger partial charge on any atom is -0.493 e. The van der Waals surface area contributed by atoms with Gasteiger partial charge in [0.2, 0.25) is 5.75 Å². The van der Waals surface area contributed by atoms with Crippen molar-refractivity contribution in [2.24, 2.45) is 5.73 Å². The molecule has 1 unspecified atom stereocenters. The Morgan fingerprint density at radius 1 is 1.15 bits per heavy atom. The second kappa shape index (κ2) is 9.14. The lowest BCUT2D eigenvalue weighted by molar-refractivity contribution is -0.120. The van der Waals surface area contributed by atoms with Crippen molar-refractivity contribution in [3.8, 4) is 17.2 Å². The van der Waals surface area contributed by atoms with Gasteiger partial charge in [-0.3, -0.25) is 9.59 Å². The Kier molecular flexibility index (Phi) is 6.90. The van der Waals surface area contributed by atoms with Gasteiger partial charge in [0.15, 0.2) is 18.1 Å². The van der Waals surface area contributed by atoms with Crippen molar-refractivity contribution in [2.75, 3.05) is 20.8 Å². The van der Waals surface area contributed by atoms with Crippen molar-refractivity contribution in [1.82, 2.24) is 5.32 Å². The zero-order valence-electron chi connectivity index (χ0n) is 15.2. The second-order valence-corrected chi connectivity index (χ2v) is 6.15. The average Bonchev–Trinajstić information content (AvgIpc) is 2.65. The maximum atomic E-state index is 12.7. The van der Waals surface area contributed by atoms with Crippen LogP contribution in [0.15, 0.2) is 36.4 Å². The number of hydrogen-bond donors (Lipinski definition) is 2. The van der Waals surface area contributed by atoms with E-state index < -0.39 is 5.91 Å². The highest BCUT2D eigenvalue weighted by Gasteiger charge is 2.19. The molecule has 0 saturated carbocycles. The molecule has 2 rings (SSSR count). The minimum absolute atomic E-state index is 0.193. The molecule has 27 heavy (non-hydrogen) atoms. The zero-order chi connectivity index (χ0) is 20.0. The Morgan fingerprint density at radius 3 is 2.30 bits per heavy atom. The molecule has 0 spiro atoms. The molecule has 2 aromatic rings. The summed E-state index contributed by atoms with van der Waals surface area (Å²) in [5, 5.41) is 3.48. The van der Waals surface area contributed by atoms with Gasteiger partial charge in [0.1, 0.15) is 0 Å². The van der Waals surface area contributed by atoms with Crippen LogP contribution in [0.2, 0.25) is 5.02 Å². The summed E-state index contributed by atoms with van der Waals surface area (Å²) in [4.78, 5) is 23.6. The molecular weight excluding hydrogens is 372 g/mol.